The highest BCUT2D eigenvalue weighted by atomic mass is 35.5. The van der Waals surface area contributed by atoms with Gasteiger partial charge in [0.25, 0.3) is 0 Å². The molecule has 0 heterocycles. The van der Waals surface area contributed by atoms with E-state index in [2.05, 4.69) is 15.8 Å². The zero-order chi connectivity index (χ0) is 15.9. The monoisotopic (exact) mass is 315 g/mol. The molecule has 6 heteroatoms. The molecule has 0 saturated carbocycles. The van der Waals surface area contributed by atoms with E-state index in [0.29, 0.717) is 10.7 Å². The first kappa shape index (κ1) is 15.7. The van der Waals surface area contributed by atoms with Crippen LogP contribution in [0.4, 0.5) is 5.69 Å². The van der Waals surface area contributed by atoms with Crippen molar-refractivity contribution >= 4 is 35.3 Å². The molecular weight excluding hydrogens is 302 g/mol. The third-order valence-electron chi connectivity index (χ3n) is 2.79. The van der Waals surface area contributed by atoms with Crippen molar-refractivity contribution in [3.63, 3.8) is 0 Å². The molecule has 0 bridgehead atoms. The molecule has 2 aromatic rings. The minimum absolute atomic E-state index is 0.354. The molecule has 0 radical (unpaired) electrons. The summed E-state index contributed by atoms with van der Waals surface area (Å²) in [5.41, 5.74) is 4.47. The molecule has 22 heavy (non-hydrogen) atoms. The number of rotatable bonds is 3. The molecule has 0 aliphatic rings. The Hall–Kier alpha value is -2.66. The number of nitrogens with one attached hydrogen (secondary N) is 2. The van der Waals surface area contributed by atoms with Gasteiger partial charge in [0.05, 0.1) is 16.9 Å². The Kier molecular flexibility index (Phi) is 5.27. The largest absolute Gasteiger partial charge is 0.329 e. The van der Waals surface area contributed by atoms with Gasteiger partial charge in [-0.1, -0.05) is 53.6 Å². The van der Waals surface area contributed by atoms with Crippen LogP contribution in [0.25, 0.3) is 0 Å². The molecule has 0 aromatic heterocycles. The predicted octanol–water partition coefficient (Wildman–Crippen LogP) is 2.74. The molecule has 0 unspecified atom stereocenters. The van der Waals surface area contributed by atoms with Gasteiger partial charge in [0.1, 0.15) is 0 Å². The van der Waals surface area contributed by atoms with Gasteiger partial charge in [-0.05, 0) is 24.6 Å². The molecular formula is C16H14ClN3O2. The van der Waals surface area contributed by atoms with E-state index in [-0.39, 0.29) is 0 Å². The SMILES string of the molecule is Cc1ccc(/C=N/NC(=O)C(=O)Nc2ccccc2Cl)cc1. The van der Waals surface area contributed by atoms with Crippen LogP contribution >= 0.6 is 11.6 Å². The Morgan fingerprint density at radius 2 is 1.73 bits per heavy atom. The average molecular weight is 316 g/mol. The number of hydrogen-bond acceptors (Lipinski definition) is 3. The summed E-state index contributed by atoms with van der Waals surface area (Å²) >= 11 is 5.89. The number of hydrazone groups is 1. The first-order valence-corrected chi connectivity index (χ1v) is 6.89. The Bertz CT molecular complexity index is 712. The number of aryl methyl sites for hydroxylation is 1. The summed E-state index contributed by atoms with van der Waals surface area (Å²) in [6.07, 6.45) is 1.46. The normalized spacial score (nSPS) is 10.5. The molecule has 0 spiro atoms. The third kappa shape index (κ3) is 4.43. The standard InChI is InChI=1S/C16H14ClN3O2/c1-11-6-8-12(9-7-11)10-18-20-16(22)15(21)19-14-5-3-2-4-13(14)17/h2-10H,1H3,(H,19,21)(H,20,22)/b18-10+. The van der Waals surface area contributed by atoms with Crippen LogP contribution in [0.15, 0.2) is 53.6 Å². The Morgan fingerprint density at radius 3 is 2.41 bits per heavy atom. The first-order valence-electron chi connectivity index (χ1n) is 6.52. The van der Waals surface area contributed by atoms with Crippen LogP contribution in [0.3, 0.4) is 0 Å². The number of carbonyl (C=O) groups excluding carboxylic acids is 2. The number of anilines is 1. The van der Waals surface area contributed by atoms with Crippen molar-refractivity contribution in [1.82, 2.24) is 5.43 Å². The molecule has 0 atom stereocenters. The molecule has 2 rings (SSSR count). The molecule has 2 N–H and O–H groups in total. The molecule has 5 nitrogen and oxygen atoms in total. The van der Waals surface area contributed by atoms with Crippen molar-refractivity contribution in [2.45, 2.75) is 6.92 Å². The summed E-state index contributed by atoms with van der Waals surface area (Å²) in [4.78, 5) is 23.3. The number of halogens is 1. The summed E-state index contributed by atoms with van der Waals surface area (Å²) in [6, 6.07) is 14.2. The fraction of sp³-hybridized carbons (Fsp3) is 0.0625. The van der Waals surface area contributed by atoms with Crippen LogP contribution in [-0.4, -0.2) is 18.0 Å². The molecule has 112 valence electrons. The fourth-order valence-corrected chi connectivity index (χ4v) is 1.79. The van der Waals surface area contributed by atoms with Gasteiger partial charge in [-0.15, -0.1) is 0 Å². The number of nitrogens with zero attached hydrogens (tertiary/aromatic N) is 1. The Morgan fingerprint density at radius 1 is 1.05 bits per heavy atom. The quantitative estimate of drug-likeness (QED) is 0.519. The van der Waals surface area contributed by atoms with Gasteiger partial charge in [0.15, 0.2) is 0 Å². The highest BCUT2D eigenvalue weighted by Gasteiger charge is 2.13. The molecule has 2 aromatic carbocycles. The maximum atomic E-state index is 11.7. The molecule has 2 amide bonds. The van der Waals surface area contributed by atoms with E-state index in [0.717, 1.165) is 11.1 Å². The fourth-order valence-electron chi connectivity index (χ4n) is 1.61. The van der Waals surface area contributed by atoms with Gasteiger partial charge < -0.3 is 5.32 Å². The van der Waals surface area contributed by atoms with Crippen molar-refractivity contribution < 1.29 is 9.59 Å². The summed E-state index contributed by atoms with van der Waals surface area (Å²) < 4.78 is 0. The Balaban J connectivity index is 1.90. The topological polar surface area (TPSA) is 70.6 Å². The maximum absolute atomic E-state index is 11.7. The smallest absolute Gasteiger partial charge is 0.316 e. The summed E-state index contributed by atoms with van der Waals surface area (Å²) in [5.74, 6) is -1.71. The lowest BCUT2D eigenvalue weighted by molar-refractivity contribution is -0.136. The van der Waals surface area contributed by atoms with E-state index in [1.807, 2.05) is 31.2 Å². The van der Waals surface area contributed by atoms with Crippen molar-refractivity contribution in [1.29, 1.82) is 0 Å². The number of hydrogen-bond donors (Lipinski definition) is 2. The second-order valence-corrected chi connectivity index (χ2v) is 4.95. The molecule has 0 fully saturated rings. The lowest BCUT2D eigenvalue weighted by Gasteiger charge is -2.05. The zero-order valence-corrected chi connectivity index (χ0v) is 12.6. The van der Waals surface area contributed by atoms with Crippen LogP contribution in [0.2, 0.25) is 5.02 Å². The minimum Gasteiger partial charge on any atom is -0.316 e. The van der Waals surface area contributed by atoms with Gasteiger partial charge in [-0.2, -0.15) is 5.10 Å². The van der Waals surface area contributed by atoms with Crippen molar-refractivity contribution in [3.8, 4) is 0 Å². The summed E-state index contributed by atoms with van der Waals surface area (Å²) in [6.45, 7) is 1.97. The minimum atomic E-state index is -0.872. The number of carbonyl (C=O) groups is 2. The van der Waals surface area contributed by atoms with Crippen LogP contribution in [0.1, 0.15) is 11.1 Å². The number of benzene rings is 2. The first-order chi connectivity index (χ1) is 10.6. The number of para-hydroxylation sites is 1. The zero-order valence-electron chi connectivity index (χ0n) is 11.8. The van der Waals surface area contributed by atoms with E-state index >= 15 is 0 Å². The maximum Gasteiger partial charge on any atom is 0.329 e. The van der Waals surface area contributed by atoms with Gasteiger partial charge in [-0.25, -0.2) is 5.43 Å². The number of amides is 2. The van der Waals surface area contributed by atoms with E-state index in [1.54, 1.807) is 24.3 Å². The van der Waals surface area contributed by atoms with Crippen molar-refractivity contribution in [2.24, 2.45) is 5.10 Å². The highest BCUT2D eigenvalue weighted by molar-refractivity contribution is 6.41. The predicted molar refractivity (Wildman–Crippen MR) is 87.0 cm³/mol. The average Bonchev–Trinajstić information content (AvgIpc) is 2.51. The van der Waals surface area contributed by atoms with Gasteiger partial charge in [0.2, 0.25) is 0 Å². The highest BCUT2D eigenvalue weighted by Crippen LogP contribution is 2.20. The molecule has 0 saturated heterocycles. The van der Waals surface area contributed by atoms with Crippen LogP contribution < -0.4 is 10.7 Å². The lowest BCUT2D eigenvalue weighted by atomic mass is 10.2. The summed E-state index contributed by atoms with van der Waals surface area (Å²) in [5, 5.41) is 6.50. The van der Waals surface area contributed by atoms with E-state index < -0.39 is 11.8 Å². The Labute approximate surface area is 133 Å². The van der Waals surface area contributed by atoms with Crippen molar-refractivity contribution in [2.75, 3.05) is 5.32 Å². The van der Waals surface area contributed by atoms with Gasteiger partial charge in [-0.3, -0.25) is 9.59 Å². The van der Waals surface area contributed by atoms with Crippen LogP contribution in [-0.2, 0) is 9.59 Å². The van der Waals surface area contributed by atoms with Gasteiger partial charge in [0, 0.05) is 0 Å². The summed E-state index contributed by atoms with van der Waals surface area (Å²) in [7, 11) is 0. The third-order valence-corrected chi connectivity index (χ3v) is 3.11. The molecule has 0 aliphatic heterocycles. The second-order valence-electron chi connectivity index (χ2n) is 4.54. The van der Waals surface area contributed by atoms with Crippen LogP contribution in [0.5, 0.6) is 0 Å². The van der Waals surface area contributed by atoms with E-state index in [1.165, 1.54) is 6.21 Å². The molecule has 0 aliphatic carbocycles. The lowest BCUT2D eigenvalue weighted by Crippen LogP contribution is -2.32. The van der Waals surface area contributed by atoms with Gasteiger partial charge >= 0.3 is 11.8 Å². The van der Waals surface area contributed by atoms with Crippen LogP contribution in [0, 0.1) is 6.92 Å². The van der Waals surface area contributed by atoms with Crippen molar-refractivity contribution in [3.05, 3.63) is 64.7 Å². The van der Waals surface area contributed by atoms with E-state index in [9.17, 15) is 9.59 Å². The second kappa shape index (κ2) is 7.38. The van der Waals surface area contributed by atoms with E-state index in [4.69, 9.17) is 11.6 Å².